The van der Waals surface area contributed by atoms with Gasteiger partial charge in [0.25, 0.3) is 0 Å². The van der Waals surface area contributed by atoms with E-state index < -0.39 is 5.41 Å². The van der Waals surface area contributed by atoms with Crippen LogP contribution in [0.3, 0.4) is 0 Å². The topological polar surface area (TPSA) is 42.7 Å². The molecule has 0 radical (unpaired) electrons. The Morgan fingerprint density at radius 2 is 2.22 bits per heavy atom. The van der Waals surface area contributed by atoms with Crippen molar-refractivity contribution in [3.8, 4) is 0 Å². The maximum Gasteiger partial charge on any atom is 0.313 e. The molecule has 2 aliphatic heterocycles. The van der Waals surface area contributed by atoms with Crippen LogP contribution in [-0.2, 0) is 16.0 Å². The lowest BCUT2D eigenvalue weighted by Gasteiger charge is -2.47. The van der Waals surface area contributed by atoms with E-state index in [1.165, 1.54) is 10.9 Å². The van der Waals surface area contributed by atoms with Gasteiger partial charge in [-0.05, 0) is 45.7 Å². The fourth-order valence-electron chi connectivity index (χ4n) is 4.38. The predicted molar refractivity (Wildman–Crippen MR) is 88.2 cm³/mol. The normalized spacial score (nSPS) is 27.5. The van der Waals surface area contributed by atoms with Gasteiger partial charge in [0, 0.05) is 17.5 Å². The van der Waals surface area contributed by atoms with Gasteiger partial charge in [0.2, 0.25) is 0 Å². The highest BCUT2D eigenvalue weighted by Crippen LogP contribution is 2.51. The number of carbonyl (C=O) groups excluding carboxylic acids is 1. The van der Waals surface area contributed by atoms with Gasteiger partial charge in [-0.15, -0.1) is 0 Å². The Kier molecular flexibility index (Phi) is 3.45. The third kappa shape index (κ3) is 2.12. The van der Waals surface area contributed by atoms with E-state index in [0.29, 0.717) is 6.61 Å². The highest BCUT2D eigenvalue weighted by molar-refractivity contribution is 5.84. The van der Waals surface area contributed by atoms with Gasteiger partial charge in [-0.25, -0.2) is 0 Å². The van der Waals surface area contributed by atoms with Crippen molar-refractivity contribution in [3.05, 3.63) is 35.6 Å². The number of furan rings is 1. The molecule has 3 heterocycles. The van der Waals surface area contributed by atoms with Crippen molar-refractivity contribution < 1.29 is 13.9 Å². The Labute approximate surface area is 136 Å². The van der Waals surface area contributed by atoms with Crippen LogP contribution in [0.1, 0.15) is 44.1 Å². The zero-order valence-electron chi connectivity index (χ0n) is 13.8. The molecule has 1 fully saturated rings. The summed E-state index contributed by atoms with van der Waals surface area (Å²) in [6.45, 7) is 6.35. The Morgan fingerprint density at radius 1 is 1.39 bits per heavy atom. The van der Waals surface area contributed by atoms with E-state index in [1.54, 1.807) is 0 Å². The first kappa shape index (κ1) is 14.8. The van der Waals surface area contributed by atoms with Crippen molar-refractivity contribution in [1.82, 2.24) is 4.90 Å². The molecule has 2 aliphatic rings. The third-order valence-corrected chi connectivity index (χ3v) is 5.48. The second-order valence-corrected chi connectivity index (χ2v) is 6.87. The third-order valence-electron chi connectivity index (χ3n) is 5.48. The monoisotopic (exact) mass is 313 g/mol. The molecule has 0 bridgehead atoms. The van der Waals surface area contributed by atoms with Gasteiger partial charge in [0.1, 0.15) is 11.3 Å². The number of para-hydroxylation sites is 1. The van der Waals surface area contributed by atoms with Crippen molar-refractivity contribution in [2.45, 2.75) is 39.2 Å². The van der Waals surface area contributed by atoms with E-state index in [1.807, 2.05) is 26.0 Å². The van der Waals surface area contributed by atoms with Gasteiger partial charge in [-0.2, -0.15) is 0 Å². The maximum atomic E-state index is 12.7. The van der Waals surface area contributed by atoms with E-state index in [0.717, 1.165) is 43.7 Å². The summed E-state index contributed by atoms with van der Waals surface area (Å²) in [5.41, 5.74) is 1.67. The Balaban J connectivity index is 1.85. The number of benzene rings is 1. The Hall–Kier alpha value is -1.81. The van der Waals surface area contributed by atoms with Gasteiger partial charge in [-0.1, -0.05) is 18.2 Å². The quantitative estimate of drug-likeness (QED) is 0.793. The largest absolute Gasteiger partial charge is 0.466 e. The van der Waals surface area contributed by atoms with Crippen LogP contribution in [0.15, 0.2) is 28.7 Å². The number of fused-ring (bicyclic) bond motifs is 5. The molecule has 0 N–H and O–H groups in total. The molecular formula is C19H23NO3. The molecule has 2 atom stereocenters. The highest BCUT2D eigenvalue weighted by atomic mass is 16.5. The minimum Gasteiger partial charge on any atom is -0.466 e. The molecule has 0 aliphatic carbocycles. The molecule has 2 aromatic rings. The van der Waals surface area contributed by atoms with Gasteiger partial charge in [0.05, 0.1) is 18.1 Å². The van der Waals surface area contributed by atoms with Crippen LogP contribution in [0.5, 0.6) is 0 Å². The van der Waals surface area contributed by atoms with E-state index >= 15 is 0 Å². The SMILES string of the molecule is CCOC(=O)[C@]1(C)CCCN2CCc3c(oc4ccccc34)[C@H]21. The lowest BCUT2D eigenvalue weighted by atomic mass is 9.71. The maximum absolute atomic E-state index is 12.7. The average molecular weight is 313 g/mol. The molecule has 1 saturated heterocycles. The number of nitrogens with zero attached hydrogens (tertiary/aromatic N) is 1. The van der Waals surface area contributed by atoms with Crippen LogP contribution in [0.2, 0.25) is 0 Å². The van der Waals surface area contributed by atoms with Crippen molar-refractivity contribution in [2.24, 2.45) is 5.41 Å². The summed E-state index contributed by atoms with van der Waals surface area (Å²) in [6.07, 6.45) is 2.87. The number of piperidine rings is 1. The Morgan fingerprint density at radius 3 is 3.04 bits per heavy atom. The first-order valence-electron chi connectivity index (χ1n) is 8.56. The van der Waals surface area contributed by atoms with Gasteiger partial charge in [-0.3, -0.25) is 9.69 Å². The lowest BCUT2D eigenvalue weighted by molar-refractivity contribution is -0.164. The van der Waals surface area contributed by atoms with Crippen LogP contribution in [0.4, 0.5) is 0 Å². The first-order chi connectivity index (χ1) is 11.1. The average Bonchev–Trinajstić information content (AvgIpc) is 2.93. The van der Waals surface area contributed by atoms with Crippen LogP contribution in [0, 0.1) is 5.41 Å². The summed E-state index contributed by atoms with van der Waals surface area (Å²) >= 11 is 0. The molecule has 0 amide bonds. The van der Waals surface area contributed by atoms with Gasteiger partial charge < -0.3 is 9.15 Å². The molecule has 1 aromatic carbocycles. The molecule has 0 saturated carbocycles. The van der Waals surface area contributed by atoms with Crippen molar-refractivity contribution in [2.75, 3.05) is 19.7 Å². The molecular weight excluding hydrogens is 290 g/mol. The van der Waals surface area contributed by atoms with Crippen LogP contribution >= 0.6 is 0 Å². The molecule has 0 unspecified atom stereocenters. The summed E-state index contributed by atoms with van der Waals surface area (Å²) < 4.78 is 11.6. The Bertz CT molecular complexity index is 750. The molecule has 23 heavy (non-hydrogen) atoms. The number of hydrogen-bond acceptors (Lipinski definition) is 4. The predicted octanol–water partition coefficient (Wildman–Crippen LogP) is 3.70. The summed E-state index contributed by atoms with van der Waals surface area (Å²) in [7, 11) is 0. The smallest absolute Gasteiger partial charge is 0.313 e. The lowest BCUT2D eigenvalue weighted by Crippen LogP contribution is -2.51. The van der Waals surface area contributed by atoms with Crippen molar-refractivity contribution in [3.63, 3.8) is 0 Å². The molecule has 4 heteroatoms. The fraction of sp³-hybridized carbons (Fsp3) is 0.526. The number of esters is 1. The van der Waals surface area contributed by atoms with E-state index in [2.05, 4.69) is 17.0 Å². The molecule has 4 nitrogen and oxygen atoms in total. The number of hydrogen-bond donors (Lipinski definition) is 0. The highest BCUT2D eigenvalue weighted by Gasteiger charge is 2.52. The van der Waals surface area contributed by atoms with Crippen LogP contribution < -0.4 is 0 Å². The number of carbonyl (C=O) groups is 1. The summed E-state index contributed by atoms with van der Waals surface area (Å²) in [6, 6.07) is 8.18. The second kappa shape index (κ2) is 5.38. The zero-order valence-corrected chi connectivity index (χ0v) is 13.8. The van der Waals surface area contributed by atoms with Crippen LogP contribution in [0.25, 0.3) is 11.0 Å². The minimum atomic E-state index is -0.530. The summed E-state index contributed by atoms with van der Waals surface area (Å²) in [5, 5.41) is 1.19. The van der Waals surface area contributed by atoms with Crippen LogP contribution in [-0.4, -0.2) is 30.6 Å². The standard InChI is InChI=1S/C19H23NO3/c1-3-22-18(21)19(2)10-6-11-20-12-9-14-13-7-4-5-8-15(13)23-16(14)17(19)20/h4-5,7-8,17H,3,6,9-12H2,1-2H3/t17-,19+/m0/s1. The summed E-state index contributed by atoms with van der Waals surface area (Å²) in [4.78, 5) is 15.1. The number of rotatable bonds is 2. The molecule has 0 spiro atoms. The van der Waals surface area contributed by atoms with Gasteiger partial charge >= 0.3 is 5.97 Å². The zero-order chi connectivity index (χ0) is 16.0. The first-order valence-corrected chi connectivity index (χ1v) is 8.56. The van der Waals surface area contributed by atoms with E-state index in [-0.39, 0.29) is 12.0 Å². The number of ether oxygens (including phenoxy) is 1. The van der Waals surface area contributed by atoms with E-state index in [9.17, 15) is 4.79 Å². The molecule has 4 rings (SSSR count). The summed E-state index contributed by atoms with van der Waals surface area (Å²) in [5.74, 6) is 0.885. The minimum absolute atomic E-state index is 0.00792. The fourth-order valence-corrected chi connectivity index (χ4v) is 4.38. The van der Waals surface area contributed by atoms with Crippen molar-refractivity contribution >= 4 is 16.9 Å². The molecule has 1 aromatic heterocycles. The molecule has 122 valence electrons. The van der Waals surface area contributed by atoms with Gasteiger partial charge in [0.15, 0.2) is 0 Å². The second-order valence-electron chi connectivity index (χ2n) is 6.87. The van der Waals surface area contributed by atoms with E-state index in [4.69, 9.17) is 9.15 Å². The van der Waals surface area contributed by atoms with Crippen molar-refractivity contribution in [1.29, 1.82) is 0 Å².